The minimum absolute atomic E-state index is 0.101. The molecule has 0 aromatic heterocycles. The first-order valence-electron chi connectivity index (χ1n) is 8.39. The molecule has 0 aliphatic heterocycles. The molecule has 0 amide bonds. The zero-order valence-corrected chi connectivity index (χ0v) is 15.0. The molecule has 0 bridgehead atoms. The van der Waals surface area contributed by atoms with Crippen molar-refractivity contribution in [1.82, 2.24) is 0 Å². The molecule has 6 nitrogen and oxygen atoms in total. The van der Waals surface area contributed by atoms with Crippen molar-refractivity contribution in [1.29, 1.82) is 0 Å². The Kier molecular flexibility index (Phi) is 13.4. The Morgan fingerprint density at radius 1 is 0.739 bits per heavy atom. The molecule has 0 saturated carbocycles. The van der Waals surface area contributed by atoms with Crippen molar-refractivity contribution in [2.75, 3.05) is 0 Å². The van der Waals surface area contributed by atoms with Gasteiger partial charge in [0.05, 0.1) is 6.42 Å². The Morgan fingerprint density at radius 2 is 1.26 bits per heavy atom. The minimum Gasteiger partial charge on any atom is -0.247 e. The van der Waals surface area contributed by atoms with Gasteiger partial charge >= 0.3 is 11.9 Å². The third-order valence-electron chi connectivity index (χ3n) is 3.38. The van der Waals surface area contributed by atoms with Crippen LogP contribution < -0.4 is 0 Å². The van der Waals surface area contributed by atoms with Crippen LogP contribution in [0.4, 0.5) is 0 Å². The highest BCUT2D eigenvalue weighted by Crippen LogP contribution is 2.07. The van der Waals surface area contributed by atoms with E-state index in [1.54, 1.807) is 0 Å². The molecule has 0 aliphatic carbocycles. The Labute approximate surface area is 140 Å². The zero-order valence-electron chi connectivity index (χ0n) is 14.1. The lowest BCUT2D eigenvalue weighted by atomic mass is 10.1. The summed E-state index contributed by atoms with van der Waals surface area (Å²) in [5.74, 6) is -1.76. The highest BCUT2D eigenvalue weighted by Gasteiger charge is 2.18. The van der Waals surface area contributed by atoms with Crippen molar-refractivity contribution in [3.63, 3.8) is 0 Å². The fraction of sp³-hybridized carbons (Fsp3) is 0.812. The Bertz CT molecular complexity index is 473. The standard InChI is InChI=1S/C16H28O6S/c1-3-5-7-9-11-13-15(17)21-22-16(18)14(23(19)20)12-10-8-6-4-2/h3-13H2,1-2H3. The summed E-state index contributed by atoms with van der Waals surface area (Å²) in [4.78, 5) is 31.4. The van der Waals surface area contributed by atoms with Gasteiger partial charge in [-0.15, -0.1) is 0 Å². The van der Waals surface area contributed by atoms with Crippen molar-refractivity contribution in [2.24, 2.45) is 0 Å². The fourth-order valence-electron chi connectivity index (χ4n) is 2.01. The molecular formula is C16H28O6S. The van der Waals surface area contributed by atoms with Crippen molar-refractivity contribution in [3.05, 3.63) is 0 Å². The molecule has 0 N–H and O–H groups in total. The first-order valence-corrected chi connectivity index (χ1v) is 9.47. The Morgan fingerprint density at radius 3 is 1.83 bits per heavy atom. The van der Waals surface area contributed by atoms with Gasteiger partial charge in [0.1, 0.15) is 0 Å². The van der Waals surface area contributed by atoms with Crippen LogP contribution >= 0.6 is 0 Å². The number of hydrogen-bond donors (Lipinski definition) is 0. The lowest BCUT2D eigenvalue weighted by molar-refractivity contribution is -0.253. The third-order valence-corrected chi connectivity index (χ3v) is 4.15. The monoisotopic (exact) mass is 348 g/mol. The predicted octanol–water partition coefficient (Wildman–Crippen LogP) is 3.37. The molecule has 0 heterocycles. The van der Waals surface area contributed by atoms with Gasteiger partial charge in [-0.3, -0.25) is 0 Å². The molecule has 0 atom stereocenters. The van der Waals surface area contributed by atoms with E-state index in [0.29, 0.717) is 12.8 Å². The summed E-state index contributed by atoms with van der Waals surface area (Å²) >= 11 is 0. The average molecular weight is 348 g/mol. The average Bonchev–Trinajstić information content (AvgIpc) is 2.52. The van der Waals surface area contributed by atoms with Gasteiger partial charge in [0.25, 0.3) is 0 Å². The SMILES string of the molecule is CCCCCCCC(=O)OOC(=O)C(CCCCCC)=S(=O)=O. The zero-order chi connectivity index (χ0) is 17.5. The number of rotatable bonds is 12. The van der Waals surface area contributed by atoms with Crippen LogP contribution in [0, 0.1) is 0 Å². The third kappa shape index (κ3) is 11.8. The smallest absolute Gasteiger partial charge is 0.247 e. The molecule has 134 valence electrons. The molecule has 0 rings (SSSR count). The van der Waals surface area contributed by atoms with Crippen LogP contribution in [-0.4, -0.2) is 25.2 Å². The highest BCUT2D eigenvalue weighted by molar-refractivity contribution is 7.74. The molecule has 0 fully saturated rings. The van der Waals surface area contributed by atoms with E-state index in [9.17, 15) is 18.0 Å². The summed E-state index contributed by atoms with van der Waals surface area (Å²) < 4.78 is 22.1. The summed E-state index contributed by atoms with van der Waals surface area (Å²) in [6.07, 6.45) is 8.52. The van der Waals surface area contributed by atoms with Crippen molar-refractivity contribution in [3.8, 4) is 0 Å². The van der Waals surface area contributed by atoms with Gasteiger partial charge in [0.2, 0.25) is 10.3 Å². The van der Waals surface area contributed by atoms with E-state index >= 15 is 0 Å². The van der Waals surface area contributed by atoms with Gasteiger partial charge in [0.15, 0.2) is 4.86 Å². The second kappa shape index (κ2) is 14.2. The molecule has 0 radical (unpaired) electrons. The molecule has 23 heavy (non-hydrogen) atoms. The summed E-state index contributed by atoms with van der Waals surface area (Å²) in [5.41, 5.74) is 0. The number of unbranched alkanes of at least 4 members (excludes halogenated alkanes) is 7. The van der Waals surface area contributed by atoms with Crippen LogP contribution in [0.15, 0.2) is 0 Å². The number of carbonyl (C=O) groups is 2. The number of carbonyl (C=O) groups excluding carboxylic acids is 2. The van der Waals surface area contributed by atoms with Gasteiger partial charge in [-0.05, 0) is 19.3 Å². The largest absolute Gasteiger partial charge is 0.397 e. The van der Waals surface area contributed by atoms with E-state index in [2.05, 4.69) is 16.7 Å². The van der Waals surface area contributed by atoms with E-state index < -0.39 is 22.2 Å². The lowest BCUT2D eigenvalue weighted by Gasteiger charge is -2.04. The molecule has 7 heteroatoms. The molecular weight excluding hydrogens is 320 g/mol. The summed E-state index contributed by atoms with van der Waals surface area (Å²) in [6.45, 7) is 4.14. The highest BCUT2D eigenvalue weighted by atomic mass is 32.2. The molecule has 0 saturated heterocycles. The maximum atomic E-state index is 11.6. The number of hydrogen-bond acceptors (Lipinski definition) is 6. The predicted molar refractivity (Wildman–Crippen MR) is 88.2 cm³/mol. The van der Waals surface area contributed by atoms with Crippen LogP contribution in [0.25, 0.3) is 0 Å². The van der Waals surface area contributed by atoms with E-state index in [-0.39, 0.29) is 17.7 Å². The van der Waals surface area contributed by atoms with Gasteiger partial charge in [-0.1, -0.05) is 58.8 Å². The second-order valence-corrected chi connectivity index (χ2v) is 6.42. The maximum Gasteiger partial charge on any atom is 0.397 e. The van der Waals surface area contributed by atoms with Crippen LogP contribution in [0.5, 0.6) is 0 Å². The molecule has 0 unspecified atom stereocenters. The minimum atomic E-state index is -2.66. The quantitative estimate of drug-likeness (QED) is 0.233. The van der Waals surface area contributed by atoms with Crippen molar-refractivity contribution < 1.29 is 27.8 Å². The van der Waals surface area contributed by atoms with E-state index in [1.165, 1.54) is 0 Å². The van der Waals surface area contributed by atoms with Gasteiger partial charge < -0.3 is 0 Å². The molecule has 0 spiro atoms. The summed E-state index contributed by atoms with van der Waals surface area (Å²) in [5, 5.41) is 0. The molecule has 0 aromatic rings. The Balaban J connectivity index is 4.08. The maximum absolute atomic E-state index is 11.6. The van der Waals surface area contributed by atoms with Crippen LogP contribution in [0.1, 0.15) is 84.5 Å². The lowest BCUT2D eigenvalue weighted by Crippen LogP contribution is -2.20. The van der Waals surface area contributed by atoms with Gasteiger partial charge in [-0.25, -0.2) is 19.4 Å². The van der Waals surface area contributed by atoms with Gasteiger partial charge in [0, 0.05) is 0 Å². The summed E-state index contributed by atoms with van der Waals surface area (Å²) in [7, 11) is -2.66. The van der Waals surface area contributed by atoms with Crippen molar-refractivity contribution >= 4 is 27.1 Å². The van der Waals surface area contributed by atoms with Crippen LogP contribution in [-0.2, 0) is 29.7 Å². The topological polar surface area (TPSA) is 86.7 Å². The fourth-order valence-corrected chi connectivity index (χ4v) is 2.49. The molecule has 0 aromatic carbocycles. The first kappa shape index (κ1) is 21.6. The van der Waals surface area contributed by atoms with E-state index in [0.717, 1.165) is 44.9 Å². The second-order valence-electron chi connectivity index (χ2n) is 5.46. The van der Waals surface area contributed by atoms with Crippen LogP contribution in [0.2, 0.25) is 0 Å². The van der Waals surface area contributed by atoms with E-state index in [4.69, 9.17) is 0 Å². The summed E-state index contributed by atoms with van der Waals surface area (Å²) in [6, 6.07) is 0. The normalized spacial score (nSPS) is 10.2. The van der Waals surface area contributed by atoms with Crippen molar-refractivity contribution in [2.45, 2.75) is 84.5 Å². The van der Waals surface area contributed by atoms with Gasteiger partial charge in [-0.2, -0.15) is 8.42 Å². The Hall–Kier alpha value is -1.37. The first-order chi connectivity index (χ1) is 11.0. The molecule has 0 aliphatic rings. The van der Waals surface area contributed by atoms with E-state index in [1.807, 2.05) is 6.92 Å². The van der Waals surface area contributed by atoms with Crippen LogP contribution in [0.3, 0.4) is 0 Å².